The van der Waals surface area contributed by atoms with E-state index in [4.69, 9.17) is 4.74 Å². The molecule has 0 aliphatic rings. The van der Waals surface area contributed by atoms with Crippen LogP contribution in [0.1, 0.15) is 43.6 Å². The molecule has 0 saturated carbocycles. The van der Waals surface area contributed by atoms with Gasteiger partial charge in [-0.15, -0.1) is 0 Å². The van der Waals surface area contributed by atoms with Gasteiger partial charge in [-0.2, -0.15) is 4.98 Å². The molecule has 4 heteroatoms. The first kappa shape index (κ1) is 15.0. The van der Waals surface area contributed by atoms with Crippen LogP contribution in [0.25, 0.3) is 0 Å². The van der Waals surface area contributed by atoms with Gasteiger partial charge in [0.2, 0.25) is 5.88 Å². The molecule has 0 saturated heterocycles. The van der Waals surface area contributed by atoms with E-state index in [1.807, 2.05) is 13.0 Å². The molecule has 2 aromatic rings. The standard InChI is InChI=1S/C16H19BrN2O/c1-5-15-18-14(17)9-16(19-15)20-12-6-7-13(10(2)3)11(4)8-12/h6-10H,5H2,1-4H3. The molecule has 1 heterocycles. The van der Waals surface area contributed by atoms with E-state index in [-0.39, 0.29) is 0 Å². The monoisotopic (exact) mass is 334 g/mol. The van der Waals surface area contributed by atoms with Crippen molar-refractivity contribution in [2.75, 3.05) is 0 Å². The van der Waals surface area contributed by atoms with Crippen molar-refractivity contribution in [2.24, 2.45) is 0 Å². The van der Waals surface area contributed by atoms with E-state index >= 15 is 0 Å². The first-order valence-corrected chi connectivity index (χ1v) is 7.60. The van der Waals surface area contributed by atoms with Crippen molar-refractivity contribution in [1.82, 2.24) is 9.97 Å². The summed E-state index contributed by atoms with van der Waals surface area (Å²) in [5.74, 6) is 2.66. The molecule has 3 nitrogen and oxygen atoms in total. The Bertz CT molecular complexity index is 611. The molecule has 1 aromatic carbocycles. The van der Waals surface area contributed by atoms with Crippen LogP contribution in [0, 0.1) is 6.92 Å². The Balaban J connectivity index is 2.26. The maximum Gasteiger partial charge on any atom is 0.223 e. The van der Waals surface area contributed by atoms with Gasteiger partial charge in [0.1, 0.15) is 16.2 Å². The van der Waals surface area contributed by atoms with Crippen LogP contribution >= 0.6 is 15.9 Å². The fourth-order valence-corrected chi connectivity index (χ4v) is 2.53. The highest BCUT2D eigenvalue weighted by Crippen LogP contribution is 2.27. The molecule has 0 bridgehead atoms. The maximum atomic E-state index is 5.84. The minimum absolute atomic E-state index is 0.518. The zero-order chi connectivity index (χ0) is 14.7. The molecule has 0 amide bonds. The third-order valence-corrected chi connectivity index (χ3v) is 3.53. The van der Waals surface area contributed by atoms with E-state index in [0.717, 1.165) is 22.6 Å². The predicted octanol–water partition coefficient (Wildman–Crippen LogP) is 5.03. The summed E-state index contributed by atoms with van der Waals surface area (Å²) >= 11 is 3.38. The lowest BCUT2D eigenvalue weighted by Gasteiger charge is -2.12. The quantitative estimate of drug-likeness (QED) is 0.736. The predicted molar refractivity (Wildman–Crippen MR) is 84.5 cm³/mol. The number of ether oxygens (including phenoxy) is 1. The lowest BCUT2D eigenvalue weighted by molar-refractivity contribution is 0.457. The summed E-state index contributed by atoms with van der Waals surface area (Å²) in [4.78, 5) is 8.65. The van der Waals surface area contributed by atoms with Gasteiger partial charge in [-0.25, -0.2) is 4.98 Å². The van der Waals surface area contributed by atoms with E-state index in [2.05, 4.69) is 58.8 Å². The average molecular weight is 335 g/mol. The van der Waals surface area contributed by atoms with Gasteiger partial charge in [0, 0.05) is 12.5 Å². The Hall–Kier alpha value is -1.42. The topological polar surface area (TPSA) is 35.0 Å². The Morgan fingerprint density at radius 1 is 1.20 bits per heavy atom. The molecule has 106 valence electrons. The van der Waals surface area contributed by atoms with Crippen LogP contribution < -0.4 is 4.74 Å². The second-order valence-electron chi connectivity index (χ2n) is 5.07. The Morgan fingerprint density at radius 3 is 2.55 bits per heavy atom. The summed E-state index contributed by atoms with van der Waals surface area (Å²) in [6, 6.07) is 7.94. The van der Waals surface area contributed by atoms with Gasteiger partial charge in [-0.05, 0) is 52.0 Å². The highest BCUT2D eigenvalue weighted by molar-refractivity contribution is 9.10. The summed E-state index contributed by atoms with van der Waals surface area (Å²) < 4.78 is 6.58. The molecule has 2 rings (SSSR count). The highest BCUT2D eigenvalue weighted by atomic mass is 79.9. The van der Waals surface area contributed by atoms with Crippen molar-refractivity contribution in [1.29, 1.82) is 0 Å². The molecule has 0 aliphatic heterocycles. The first-order valence-electron chi connectivity index (χ1n) is 6.81. The molecular formula is C16H19BrN2O. The van der Waals surface area contributed by atoms with Gasteiger partial charge >= 0.3 is 0 Å². The van der Waals surface area contributed by atoms with E-state index < -0.39 is 0 Å². The number of halogens is 1. The van der Waals surface area contributed by atoms with E-state index in [0.29, 0.717) is 11.8 Å². The number of aryl methyl sites for hydroxylation is 2. The van der Waals surface area contributed by atoms with Crippen molar-refractivity contribution in [3.63, 3.8) is 0 Å². The van der Waals surface area contributed by atoms with Crippen molar-refractivity contribution in [3.8, 4) is 11.6 Å². The normalized spacial score (nSPS) is 10.9. The SMILES string of the molecule is CCc1nc(Br)cc(Oc2ccc(C(C)C)c(C)c2)n1. The first-order chi connectivity index (χ1) is 9.49. The number of rotatable bonds is 4. The molecule has 0 fully saturated rings. The Morgan fingerprint density at radius 2 is 1.95 bits per heavy atom. The summed E-state index contributed by atoms with van der Waals surface area (Å²) in [5, 5.41) is 0. The molecular weight excluding hydrogens is 316 g/mol. The number of aromatic nitrogens is 2. The van der Waals surface area contributed by atoms with Crippen molar-refractivity contribution < 1.29 is 4.74 Å². The van der Waals surface area contributed by atoms with Gasteiger partial charge in [-0.1, -0.05) is 26.8 Å². The molecule has 1 aromatic heterocycles. The lowest BCUT2D eigenvalue weighted by Crippen LogP contribution is -1.97. The minimum atomic E-state index is 0.518. The van der Waals surface area contributed by atoms with Crippen LogP contribution in [-0.4, -0.2) is 9.97 Å². The number of benzene rings is 1. The van der Waals surface area contributed by atoms with Crippen LogP contribution in [0.15, 0.2) is 28.9 Å². The van der Waals surface area contributed by atoms with Gasteiger partial charge in [-0.3, -0.25) is 0 Å². The zero-order valence-corrected chi connectivity index (χ0v) is 13.9. The second-order valence-corrected chi connectivity index (χ2v) is 5.89. The van der Waals surface area contributed by atoms with Gasteiger partial charge in [0.15, 0.2) is 0 Å². The average Bonchev–Trinajstić information content (AvgIpc) is 2.37. The second kappa shape index (κ2) is 6.35. The fraction of sp³-hybridized carbons (Fsp3) is 0.375. The molecule has 0 N–H and O–H groups in total. The summed E-state index contributed by atoms with van der Waals surface area (Å²) in [7, 11) is 0. The summed E-state index contributed by atoms with van der Waals surface area (Å²) in [6.07, 6.45) is 0.779. The lowest BCUT2D eigenvalue weighted by atomic mass is 9.98. The van der Waals surface area contributed by atoms with Crippen LogP contribution in [0.2, 0.25) is 0 Å². The van der Waals surface area contributed by atoms with E-state index in [1.54, 1.807) is 6.07 Å². The van der Waals surface area contributed by atoms with Crippen molar-refractivity contribution >= 4 is 15.9 Å². The van der Waals surface area contributed by atoms with Crippen LogP contribution in [0.3, 0.4) is 0 Å². The Labute approximate surface area is 128 Å². The minimum Gasteiger partial charge on any atom is -0.439 e. The molecule has 0 spiro atoms. The Kier molecular flexibility index (Phi) is 4.76. The van der Waals surface area contributed by atoms with Crippen molar-refractivity contribution in [3.05, 3.63) is 45.8 Å². The van der Waals surface area contributed by atoms with Crippen LogP contribution in [0.5, 0.6) is 11.6 Å². The molecule has 0 aliphatic carbocycles. The molecule has 0 unspecified atom stereocenters. The zero-order valence-electron chi connectivity index (χ0n) is 12.3. The third-order valence-electron chi connectivity index (χ3n) is 3.12. The summed E-state index contributed by atoms with van der Waals surface area (Å²) in [6.45, 7) is 8.51. The number of nitrogens with zero attached hydrogens (tertiary/aromatic N) is 2. The molecule has 20 heavy (non-hydrogen) atoms. The van der Waals surface area contributed by atoms with Gasteiger partial charge in [0.05, 0.1) is 0 Å². The largest absolute Gasteiger partial charge is 0.439 e. The third kappa shape index (κ3) is 3.57. The van der Waals surface area contributed by atoms with E-state index in [1.165, 1.54) is 11.1 Å². The van der Waals surface area contributed by atoms with Gasteiger partial charge < -0.3 is 4.74 Å². The van der Waals surface area contributed by atoms with E-state index in [9.17, 15) is 0 Å². The smallest absolute Gasteiger partial charge is 0.223 e. The number of hydrogen-bond acceptors (Lipinski definition) is 3. The number of hydrogen-bond donors (Lipinski definition) is 0. The molecule has 0 radical (unpaired) electrons. The molecule has 0 atom stereocenters. The summed E-state index contributed by atoms with van der Waals surface area (Å²) in [5.41, 5.74) is 2.58. The van der Waals surface area contributed by atoms with Crippen molar-refractivity contribution in [2.45, 2.75) is 40.0 Å². The fourth-order valence-electron chi connectivity index (χ4n) is 2.13. The van der Waals surface area contributed by atoms with Crippen LogP contribution in [-0.2, 0) is 6.42 Å². The van der Waals surface area contributed by atoms with Crippen LogP contribution in [0.4, 0.5) is 0 Å². The maximum absolute atomic E-state index is 5.84. The highest BCUT2D eigenvalue weighted by Gasteiger charge is 2.07. The van der Waals surface area contributed by atoms with Gasteiger partial charge in [0.25, 0.3) is 0 Å².